The van der Waals surface area contributed by atoms with Crippen molar-refractivity contribution < 1.29 is 13.2 Å². The number of aromatic nitrogens is 3. The molecule has 1 aliphatic heterocycles. The first-order valence-corrected chi connectivity index (χ1v) is 10.8. The smallest absolute Gasteiger partial charge is 0.230 e. The summed E-state index contributed by atoms with van der Waals surface area (Å²) in [6, 6.07) is 7.71. The van der Waals surface area contributed by atoms with Gasteiger partial charge in [0, 0.05) is 11.7 Å². The summed E-state index contributed by atoms with van der Waals surface area (Å²) in [5.41, 5.74) is 2.10. The first-order chi connectivity index (χ1) is 11.8. The predicted octanol–water partition coefficient (Wildman–Crippen LogP) is 1.28. The van der Waals surface area contributed by atoms with E-state index in [-0.39, 0.29) is 29.2 Å². The first-order valence-electron chi connectivity index (χ1n) is 7.96. The summed E-state index contributed by atoms with van der Waals surface area (Å²) < 4.78 is 24.8. The minimum Gasteiger partial charge on any atom is -0.352 e. The van der Waals surface area contributed by atoms with Gasteiger partial charge in [-0.3, -0.25) is 9.36 Å². The van der Waals surface area contributed by atoms with Gasteiger partial charge in [-0.15, -0.1) is 10.2 Å². The lowest BCUT2D eigenvalue weighted by Gasteiger charge is -2.11. The summed E-state index contributed by atoms with van der Waals surface area (Å²) in [7, 11) is -3.00. The number of amides is 1. The molecular formula is C16H20N4O3S2. The zero-order chi connectivity index (χ0) is 18.0. The molecule has 1 aromatic heterocycles. The third-order valence-electron chi connectivity index (χ3n) is 4.02. The molecule has 0 unspecified atom stereocenters. The SMILES string of the molecule is Cc1ccc(-n2c(C)nnc2SCC(=O)N[C@@H]2CCS(=O)(=O)C2)cc1. The Balaban J connectivity index is 1.64. The number of nitrogens with zero attached hydrogens (tertiary/aromatic N) is 3. The van der Waals surface area contributed by atoms with Crippen LogP contribution in [0.5, 0.6) is 0 Å². The molecule has 0 spiro atoms. The van der Waals surface area contributed by atoms with Gasteiger partial charge in [0.15, 0.2) is 15.0 Å². The van der Waals surface area contributed by atoms with Gasteiger partial charge in [-0.2, -0.15) is 0 Å². The lowest BCUT2D eigenvalue weighted by atomic mass is 10.2. The number of hydrogen-bond donors (Lipinski definition) is 1. The van der Waals surface area contributed by atoms with Crippen LogP contribution in [0.4, 0.5) is 0 Å². The molecule has 2 aromatic rings. The van der Waals surface area contributed by atoms with Crippen LogP contribution in [-0.2, 0) is 14.6 Å². The fraction of sp³-hybridized carbons (Fsp3) is 0.438. The largest absolute Gasteiger partial charge is 0.352 e. The van der Waals surface area contributed by atoms with Gasteiger partial charge in [-0.1, -0.05) is 29.5 Å². The summed E-state index contributed by atoms with van der Waals surface area (Å²) in [6.45, 7) is 3.88. The molecule has 134 valence electrons. The van der Waals surface area contributed by atoms with Crippen LogP contribution in [0.15, 0.2) is 29.4 Å². The number of benzene rings is 1. The van der Waals surface area contributed by atoms with E-state index in [4.69, 9.17) is 0 Å². The summed E-state index contributed by atoms with van der Waals surface area (Å²) in [5, 5.41) is 11.7. The van der Waals surface area contributed by atoms with Crippen LogP contribution < -0.4 is 5.32 Å². The second-order valence-corrected chi connectivity index (χ2v) is 9.33. The lowest BCUT2D eigenvalue weighted by molar-refractivity contribution is -0.119. The molecule has 1 fully saturated rings. The highest BCUT2D eigenvalue weighted by atomic mass is 32.2. The second kappa shape index (κ2) is 7.17. The molecule has 0 saturated carbocycles. The molecule has 1 aromatic carbocycles. The molecule has 9 heteroatoms. The maximum atomic E-state index is 12.1. The molecule has 1 aliphatic rings. The third kappa shape index (κ3) is 4.40. The molecule has 1 saturated heterocycles. The molecule has 1 atom stereocenters. The van der Waals surface area contributed by atoms with Gasteiger partial charge in [-0.05, 0) is 32.4 Å². The fourth-order valence-electron chi connectivity index (χ4n) is 2.74. The minimum atomic E-state index is -3.00. The van der Waals surface area contributed by atoms with Crippen molar-refractivity contribution in [3.05, 3.63) is 35.7 Å². The third-order valence-corrected chi connectivity index (χ3v) is 6.71. The molecule has 2 heterocycles. The van der Waals surface area contributed by atoms with Gasteiger partial charge in [0.2, 0.25) is 5.91 Å². The Kier molecular flexibility index (Phi) is 5.14. The topological polar surface area (TPSA) is 93.9 Å². The van der Waals surface area contributed by atoms with E-state index in [1.165, 1.54) is 11.8 Å². The normalized spacial score (nSPS) is 19.0. The Labute approximate surface area is 151 Å². The Morgan fingerprint density at radius 3 is 2.64 bits per heavy atom. The molecule has 25 heavy (non-hydrogen) atoms. The first kappa shape index (κ1) is 17.9. The average Bonchev–Trinajstić information content (AvgIpc) is 3.08. The van der Waals surface area contributed by atoms with Crippen molar-refractivity contribution in [2.45, 2.75) is 31.5 Å². The predicted molar refractivity (Wildman–Crippen MR) is 96.8 cm³/mol. The number of sulfone groups is 1. The number of thioether (sulfide) groups is 1. The summed E-state index contributed by atoms with van der Waals surface area (Å²) in [4.78, 5) is 12.1. The van der Waals surface area contributed by atoms with Crippen molar-refractivity contribution in [1.82, 2.24) is 20.1 Å². The van der Waals surface area contributed by atoms with Crippen LogP contribution in [0.25, 0.3) is 5.69 Å². The second-order valence-electron chi connectivity index (χ2n) is 6.16. The number of carbonyl (C=O) groups excluding carboxylic acids is 1. The average molecular weight is 380 g/mol. The maximum absolute atomic E-state index is 12.1. The molecule has 0 bridgehead atoms. The maximum Gasteiger partial charge on any atom is 0.230 e. The van der Waals surface area contributed by atoms with E-state index in [0.717, 1.165) is 17.1 Å². The van der Waals surface area contributed by atoms with Crippen molar-refractivity contribution in [1.29, 1.82) is 0 Å². The van der Waals surface area contributed by atoms with E-state index >= 15 is 0 Å². The van der Waals surface area contributed by atoms with E-state index in [2.05, 4.69) is 15.5 Å². The Bertz CT molecular complexity index is 875. The quantitative estimate of drug-likeness (QED) is 0.786. The van der Waals surface area contributed by atoms with E-state index in [9.17, 15) is 13.2 Å². The van der Waals surface area contributed by atoms with E-state index in [0.29, 0.717) is 11.6 Å². The Hall–Kier alpha value is -1.87. The van der Waals surface area contributed by atoms with E-state index in [1.54, 1.807) is 0 Å². The van der Waals surface area contributed by atoms with Crippen LogP contribution in [0, 0.1) is 13.8 Å². The monoisotopic (exact) mass is 380 g/mol. The molecule has 0 radical (unpaired) electrons. The minimum absolute atomic E-state index is 0.0298. The van der Waals surface area contributed by atoms with Crippen LogP contribution in [-0.4, -0.2) is 52.4 Å². The highest BCUT2D eigenvalue weighted by molar-refractivity contribution is 7.99. The van der Waals surface area contributed by atoms with Crippen molar-refractivity contribution >= 4 is 27.5 Å². The Morgan fingerprint density at radius 2 is 2.00 bits per heavy atom. The fourth-order valence-corrected chi connectivity index (χ4v) is 5.22. The van der Waals surface area contributed by atoms with Gasteiger partial charge in [0.05, 0.1) is 17.3 Å². The molecule has 1 N–H and O–H groups in total. The molecule has 0 aliphatic carbocycles. The summed E-state index contributed by atoms with van der Waals surface area (Å²) >= 11 is 1.29. The van der Waals surface area contributed by atoms with Gasteiger partial charge < -0.3 is 5.32 Å². The van der Waals surface area contributed by atoms with Gasteiger partial charge >= 0.3 is 0 Å². The number of nitrogens with one attached hydrogen (secondary N) is 1. The molecule has 1 amide bonds. The molecular weight excluding hydrogens is 360 g/mol. The number of rotatable bonds is 5. The Morgan fingerprint density at radius 1 is 1.28 bits per heavy atom. The van der Waals surface area contributed by atoms with Crippen molar-refractivity contribution in [2.24, 2.45) is 0 Å². The van der Waals surface area contributed by atoms with Gasteiger partial charge in [0.1, 0.15) is 5.82 Å². The van der Waals surface area contributed by atoms with Crippen LogP contribution >= 0.6 is 11.8 Å². The standard InChI is InChI=1S/C16H20N4O3S2/c1-11-3-5-14(6-4-11)20-12(2)18-19-16(20)24-9-15(21)17-13-7-8-25(22,23)10-13/h3-6,13H,7-10H2,1-2H3,(H,17,21)/t13-/m1/s1. The summed E-state index contributed by atoms with van der Waals surface area (Å²) in [5.74, 6) is 0.895. The zero-order valence-electron chi connectivity index (χ0n) is 14.1. The van der Waals surface area contributed by atoms with Crippen LogP contribution in [0.2, 0.25) is 0 Å². The number of carbonyl (C=O) groups is 1. The lowest BCUT2D eigenvalue weighted by Crippen LogP contribution is -2.36. The number of aryl methyl sites for hydroxylation is 2. The summed E-state index contributed by atoms with van der Waals surface area (Å²) in [6.07, 6.45) is 0.484. The zero-order valence-corrected chi connectivity index (χ0v) is 15.7. The molecule has 7 nitrogen and oxygen atoms in total. The van der Waals surface area contributed by atoms with Crippen molar-refractivity contribution in [3.63, 3.8) is 0 Å². The van der Waals surface area contributed by atoms with Gasteiger partial charge in [0.25, 0.3) is 0 Å². The van der Waals surface area contributed by atoms with Crippen LogP contribution in [0.1, 0.15) is 17.8 Å². The van der Waals surface area contributed by atoms with E-state index in [1.807, 2.05) is 42.7 Å². The van der Waals surface area contributed by atoms with Crippen molar-refractivity contribution in [3.8, 4) is 5.69 Å². The van der Waals surface area contributed by atoms with E-state index < -0.39 is 9.84 Å². The number of hydrogen-bond acceptors (Lipinski definition) is 6. The highest BCUT2D eigenvalue weighted by Gasteiger charge is 2.28. The van der Waals surface area contributed by atoms with Crippen LogP contribution in [0.3, 0.4) is 0 Å². The van der Waals surface area contributed by atoms with Gasteiger partial charge in [-0.25, -0.2) is 8.42 Å². The molecule has 3 rings (SSSR count). The van der Waals surface area contributed by atoms with Crippen molar-refractivity contribution in [2.75, 3.05) is 17.3 Å². The highest BCUT2D eigenvalue weighted by Crippen LogP contribution is 2.22.